The summed E-state index contributed by atoms with van der Waals surface area (Å²) < 4.78 is 11.2. The van der Waals surface area contributed by atoms with Crippen molar-refractivity contribution in [3.8, 4) is 0 Å². The highest BCUT2D eigenvalue weighted by Crippen LogP contribution is 2.40. The van der Waals surface area contributed by atoms with Gasteiger partial charge in [-0.25, -0.2) is 0 Å². The van der Waals surface area contributed by atoms with Crippen LogP contribution in [0.3, 0.4) is 0 Å². The Bertz CT molecular complexity index is 712. The van der Waals surface area contributed by atoms with E-state index in [4.69, 9.17) is 11.6 Å². The van der Waals surface area contributed by atoms with Gasteiger partial charge in [-0.15, -0.1) is 0 Å². The van der Waals surface area contributed by atoms with Crippen molar-refractivity contribution in [1.29, 1.82) is 0 Å². The van der Waals surface area contributed by atoms with Crippen molar-refractivity contribution in [2.75, 3.05) is 18.6 Å². The second kappa shape index (κ2) is 8.53. The highest BCUT2D eigenvalue weighted by Gasteiger charge is 2.47. The molecule has 3 rings (SSSR count). The molecule has 0 aromatic heterocycles. The van der Waals surface area contributed by atoms with Crippen LogP contribution in [0.25, 0.3) is 0 Å². The van der Waals surface area contributed by atoms with Gasteiger partial charge in [-0.1, -0.05) is 30.5 Å². The fraction of sp³-hybridized carbons (Fsp3) is 0.579. The molecule has 1 N–H and O–H groups in total. The van der Waals surface area contributed by atoms with Gasteiger partial charge in [0, 0.05) is 46.0 Å². The molecule has 1 aliphatic carbocycles. The lowest BCUT2D eigenvalue weighted by Gasteiger charge is -2.33. The molecule has 4 atom stereocenters. The first-order valence-electron chi connectivity index (χ1n) is 9.13. The number of nitrogens with one attached hydrogen (secondary N) is 1. The molecule has 1 aromatic rings. The van der Waals surface area contributed by atoms with Crippen LogP contribution in [-0.2, 0) is 15.6 Å². The van der Waals surface area contributed by atoms with Crippen LogP contribution in [0.5, 0.6) is 0 Å². The molecule has 142 valence electrons. The first-order valence-corrected chi connectivity index (χ1v) is 11.2. The van der Waals surface area contributed by atoms with Crippen LogP contribution in [0.4, 0.5) is 0 Å². The maximum atomic E-state index is 13.2. The van der Waals surface area contributed by atoms with E-state index in [-0.39, 0.29) is 17.9 Å². The minimum absolute atomic E-state index is 0.117. The summed E-state index contributed by atoms with van der Waals surface area (Å²) in [6.45, 7) is 0.368. The normalized spacial score (nSPS) is 26.2. The molecule has 1 saturated carbocycles. The van der Waals surface area contributed by atoms with Gasteiger partial charge in [-0.05, 0) is 43.4 Å². The van der Waals surface area contributed by atoms with Gasteiger partial charge < -0.3 is 10.2 Å². The number of benzene rings is 1. The first kappa shape index (κ1) is 19.4. The Balaban J connectivity index is 1.80. The number of hydrogen-bond donors (Lipinski definition) is 1. The van der Waals surface area contributed by atoms with E-state index in [1.807, 2.05) is 0 Å². The van der Waals surface area contributed by atoms with Crippen molar-refractivity contribution in [2.45, 2.75) is 44.2 Å². The SMILES string of the molecule is C[S@@](=O)CCNC(=O)[C@@H]1C[C@H]2CCCC[C@@H]2N1C(=O)c1cccc(Cl)c1. The third kappa shape index (κ3) is 4.29. The summed E-state index contributed by atoms with van der Waals surface area (Å²) in [7, 11) is -0.951. The topological polar surface area (TPSA) is 66.5 Å². The van der Waals surface area contributed by atoms with E-state index >= 15 is 0 Å². The molecule has 26 heavy (non-hydrogen) atoms. The average Bonchev–Trinajstić information content (AvgIpc) is 3.00. The number of amides is 2. The van der Waals surface area contributed by atoms with Crippen molar-refractivity contribution in [3.63, 3.8) is 0 Å². The second-order valence-corrected chi connectivity index (χ2v) is 9.15. The van der Waals surface area contributed by atoms with Crippen LogP contribution in [0.2, 0.25) is 5.02 Å². The summed E-state index contributed by atoms with van der Waals surface area (Å²) in [5.74, 6) is 0.539. The maximum Gasteiger partial charge on any atom is 0.254 e. The van der Waals surface area contributed by atoms with Crippen LogP contribution in [0, 0.1) is 5.92 Å². The Kier molecular flexibility index (Phi) is 6.35. The molecular weight excluding hydrogens is 372 g/mol. The van der Waals surface area contributed by atoms with E-state index in [0.29, 0.717) is 35.2 Å². The summed E-state index contributed by atoms with van der Waals surface area (Å²) in [4.78, 5) is 27.7. The number of hydrogen-bond acceptors (Lipinski definition) is 3. The zero-order valence-corrected chi connectivity index (χ0v) is 16.5. The number of carbonyl (C=O) groups is 2. The molecule has 1 aliphatic heterocycles. The van der Waals surface area contributed by atoms with Gasteiger partial charge in [0.05, 0.1) is 0 Å². The molecule has 0 bridgehead atoms. The predicted molar refractivity (Wildman–Crippen MR) is 104 cm³/mol. The molecule has 5 nitrogen and oxygen atoms in total. The minimum atomic E-state index is -0.951. The lowest BCUT2D eigenvalue weighted by atomic mass is 9.84. The lowest BCUT2D eigenvalue weighted by molar-refractivity contribution is -0.125. The number of nitrogens with zero attached hydrogens (tertiary/aromatic N) is 1. The highest BCUT2D eigenvalue weighted by atomic mass is 35.5. The summed E-state index contributed by atoms with van der Waals surface area (Å²) in [5, 5.41) is 3.38. The van der Waals surface area contributed by atoms with Gasteiger partial charge >= 0.3 is 0 Å². The van der Waals surface area contributed by atoms with E-state index in [0.717, 1.165) is 25.7 Å². The molecule has 7 heteroatoms. The minimum Gasteiger partial charge on any atom is -0.353 e. The summed E-state index contributed by atoms with van der Waals surface area (Å²) in [6, 6.07) is 6.57. The van der Waals surface area contributed by atoms with Gasteiger partial charge in [0.2, 0.25) is 5.91 Å². The van der Waals surface area contributed by atoms with Gasteiger partial charge in [-0.3, -0.25) is 13.8 Å². The van der Waals surface area contributed by atoms with Crippen molar-refractivity contribution in [3.05, 3.63) is 34.9 Å². The molecule has 0 unspecified atom stereocenters. The summed E-state index contributed by atoms with van der Waals surface area (Å²) >= 11 is 6.05. The van der Waals surface area contributed by atoms with Crippen LogP contribution < -0.4 is 5.32 Å². The molecule has 0 radical (unpaired) electrons. The van der Waals surface area contributed by atoms with E-state index in [1.54, 1.807) is 35.4 Å². The van der Waals surface area contributed by atoms with Crippen molar-refractivity contribution < 1.29 is 13.8 Å². The molecule has 2 aliphatic rings. The van der Waals surface area contributed by atoms with Crippen LogP contribution in [-0.4, -0.2) is 51.6 Å². The van der Waals surface area contributed by atoms with Crippen LogP contribution in [0.1, 0.15) is 42.5 Å². The van der Waals surface area contributed by atoms with Gasteiger partial charge in [0.1, 0.15) is 6.04 Å². The van der Waals surface area contributed by atoms with E-state index < -0.39 is 16.8 Å². The zero-order valence-electron chi connectivity index (χ0n) is 14.9. The van der Waals surface area contributed by atoms with Crippen molar-refractivity contribution >= 4 is 34.2 Å². The Hall–Kier alpha value is -1.40. The third-order valence-corrected chi connectivity index (χ3v) is 6.40. The van der Waals surface area contributed by atoms with E-state index in [2.05, 4.69) is 5.32 Å². The zero-order chi connectivity index (χ0) is 18.7. The summed E-state index contributed by atoms with van der Waals surface area (Å²) in [6.07, 6.45) is 6.57. The number of fused-ring (bicyclic) bond motifs is 1. The molecular formula is C19H25ClN2O3S. The predicted octanol–water partition coefficient (Wildman–Crippen LogP) is 2.61. The third-order valence-electron chi connectivity index (χ3n) is 5.39. The van der Waals surface area contributed by atoms with Crippen molar-refractivity contribution in [2.24, 2.45) is 5.92 Å². The van der Waals surface area contributed by atoms with Crippen molar-refractivity contribution in [1.82, 2.24) is 10.2 Å². The fourth-order valence-electron chi connectivity index (χ4n) is 4.19. The number of carbonyl (C=O) groups excluding carboxylic acids is 2. The fourth-order valence-corrected chi connectivity index (χ4v) is 4.77. The molecule has 2 fully saturated rings. The van der Waals surface area contributed by atoms with E-state index in [1.165, 1.54) is 0 Å². The first-order chi connectivity index (χ1) is 12.5. The second-order valence-electron chi connectivity index (χ2n) is 7.15. The Labute approximate surface area is 161 Å². The largest absolute Gasteiger partial charge is 0.353 e. The molecule has 0 spiro atoms. The van der Waals surface area contributed by atoms with Gasteiger partial charge in [0.15, 0.2) is 0 Å². The number of halogens is 1. The van der Waals surface area contributed by atoms with Gasteiger partial charge in [-0.2, -0.15) is 0 Å². The molecule has 1 heterocycles. The number of likely N-dealkylation sites (tertiary alicyclic amines) is 1. The smallest absolute Gasteiger partial charge is 0.254 e. The average molecular weight is 397 g/mol. The Morgan fingerprint density at radius 2 is 2.08 bits per heavy atom. The lowest BCUT2D eigenvalue weighted by Crippen LogP contribution is -2.50. The quantitative estimate of drug-likeness (QED) is 0.831. The number of rotatable bonds is 5. The standard InChI is InChI=1S/C19H25ClN2O3S/c1-26(25)10-9-21-18(23)17-12-13-5-2-3-8-16(13)22(17)19(24)14-6-4-7-15(20)11-14/h4,6-7,11,13,16-17H,2-3,5,8-10,12H2,1H3,(H,21,23)/t13-,16+,17+,26-/m1/s1. The molecule has 1 aromatic carbocycles. The molecule has 2 amide bonds. The van der Waals surface area contributed by atoms with Crippen LogP contribution in [0.15, 0.2) is 24.3 Å². The van der Waals surface area contributed by atoms with E-state index in [9.17, 15) is 13.8 Å². The van der Waals surface area contributed by atoms with Gasteiger partial charge in [0.25, 0.3) is 5.91 Å². The monoisotopic (exact) mass is 396 g/mol. The Morgan fingerprint density at radius 3 is 2.81 bits per heavy atom. The Morgan fingerprint density at radius 1 is 1.31 bits per heavy atom. The molecule has 1 saturated heterocycles. The maximum absolute atomic E-state index is 13.2. The highest BCUT2D eigenvalue weighted by molar-refractivity contribution is 7.84. The van der Waals surface area contributed by atoms with Crippen LogP contribution >= 0.6 is 11.6 Å². The summed E-state index contributed by atoms with van der Waals surface area (Å²) in [5.41, 5.74) is 0.524.